The molecule has 3 aromatic carbocycles. The first-order chi connectivity index (χ1) is 15.8. The Balaban J connectivity index is 1.38. The van der Waals surface area contributed by atoms with E-state index >= 15 is 0 Å². The second-order valence-corrected chi connectivity index (χ2v) is 7.80. The van der Waals surface area contributed by atoms with Gasteiger partial charge in [0.2, 0.25) is 5.89 Å². The van der Waals surface area contributed by atoms with E-state index in [0.29, 0.717) is 30.2 Å². The molecule has 0 spiro atoms. The lowest BCUT2D eigenvalue weighted by molar-refractivity contribution is 0.306. The number of nitriles is 1. The third kappa shape index (κ3) is 4.31. The Labute approximate surface area is 189 Å². The summed E-state index contributed by atoms with van der Waals surface area (Å²) in [6.45, 7) is 0.921. The molecule has 0 saturated carbocycles. The van der Waals surface area contributed by atoms with Gasteiger partial charge in [-0.3, -0.25) is 0 Å². The molecule has 0 fully saturated rings. The van der Waals surface area contributed by atoms with Gasteiger partial charge in [-0.2, -0.15) is 9.64 Å². The first-order valence-electron chi connectivity index (χ1n) is 10.0. The highest BCUT2D eigenvalue weighted by Gasteiger charge is 2.16. The van der Waals surface area contributed by atoms with Crippen molar-refractivity contribution in [2.45, 2.75) is 13.2 Å². The maximum absolute atomic E-state index is 9.09. The van der Waals surface area contributed by atoms with Gasteiger partial charge in [0.05, 0.1) is 30.1 Å². The zero-order valence-electron chi connectivity index (χ0n) is 17.0. The fourth-order valence-electron chi connectivity index (χ4n) is 3.37. The van der Waals surface area contributed by atoms with E-state index in [-0.39, 0.29) is 0 Å². The van der Waals surface area contributed by atoms with Gasteiger partial charge in [-0.05, 0) is 53.5 Å². The van der Waals surface area contributed by atoms with Crippen LogP contribution < -0.4 is 9.64 Å². The summed E-state index contributed by atoms with van der Waals surface area (Å²) in [7, 11) is 0. The van der Waals surface area contributed by atoms with E-state index in [9.17, 15) is 0 Å². The van der Waals surface area contributed by atoms with Gasteiger partial charge in [0.25, 0.3) is 0 Å². The number of fused-ring (bicyclic) bond motifs is 1. The average molecular weight is 439 g/mol. The van der Waals surface area contributed by atoms with Crippen LogP contribution in [0.15, 0.2) is 88.8 Å². The van der Waals surface area contributed by atoms with Gasteiger partial charge in [0.1, 0.15) is 17.9 Å². The standard InChI is InChI=1S/C25H18N4O2S/c26-13-18-6-8-20(9-7-18)29(21-14-27-32-17-21)15-25-28-23-11-10-22(12-24(23)31-25)30-16-19-4-2-1-3-5-19/h1-12,14,17H,15-16H2. The lowest BCUT2D eigenvalue weighted by Gasteiger charge is -2.21. The van der Waals surface area contributed by atoms with Crippen LogP contribution in [0.4, 0.5) is 11.4 Å². The summed E-state index contributed by atoms with van der Waals surface area (Å²) in [5, 5.41) is 11.1. The molecule has 0 bridgehead atoms. The van der Waals surface area contributed by atoms with E-state index in [2.05, 4.69) is 20.3 Å². The van der Waals surface area contributed by atoms with Crippen LogP contribution in [0, 0.1) is 11.3 Å². The molecule has 0 N–H and O–H groups in total. The average Bonchev–Trinajstić information content (AvgIpc) is 3.51. The summed E-state index contributed by atoms with van der Waals surface area (Å²) in [5.74, 6) is 1.31. The lowest BCUT2D eigenvalue weighted by atomic mass is 10.2. The van der Waals surface area contributed by atoms with Crippen molar-refractivity contribution in [3.05, 3.63) is 101 Å². The summed E-state index contributed by atoms with van der Waals surface area (Å²) >= 11 is 1.38. The predicted octanol–water partition coefficient (Wildman–Crippen LogP) is 6.07. The maximum atomic E-state index is 9.09. The van der Waals surface area contributed by atoms with Crippen molar-refractivity contribution in [3.8, 4) is 11.8 Å². The Hall–Kier alpha value is -4.15. The predicted molar refractivity (Wildman–Crippen MR) is 124 cm³/mol. The number of benzene rings is 3. The molecule has 7 heteroatoms. The molecule has 2 aromatic heterocycles. The lowest BCUT2D eigenvalue weighted by Crippen LogP contribution is -2.16. The van der Waals surface area contributed by atoms with E-state index in [4.69, 9.17) is 14.4 Å². The highest BCUT2D eigenvalue weighted by molar-refractivity contribution is 7.04. The molecule has 0 unspecified atom stereocenters. The molecule has 156 valence electrons. The van der Waals surface area contributed by atoms with Gasteiger partial charge in [0.15, 0.2) is 5.58 Å². The molecule has 32 heavy (non-hydrogen) atoms. The number of oxazole rings is 1. The van der Waals surface area contributed by atoms with E-state index in [0.717, 1.165) is 28.2 Å². The van der Waals surface area contributed by atoms with Crippen LogP contribution in [0.5, 0.6) is 5.75 Å². The molecule has 0 aliphatic heterocycles. The van der Waals surface area contributed by atoms with Crippen molar-refractivity contribution in [1.82, 2.24) is 9.36 Å². The maximum Gasteiger partial charge on any atom is 0.215 e. The minimum atomic E-state index is 0.430. The highest BCUT2D eigenvalue weighted by atomic mass is 32.1. The van der Waals surface area contributed by atoms with E-state index in [1.807, 2.05) is 66.0 Å². The molecule has 0 atom stereocenters. The largest absolute Gasteiger partial charge is 0.489 e. The fraction of sp³-hybridized carbons (Fsp3) is 0.0800. The van der Waals surface area contributed by atoms with Crippen LogP contribution in [-0.4, -0.2) is 9.36 Å². The summed E-state index contributed by atoms with van der Waals surface area (Å²) in [6, 6.07) is 25.3. The molecular formula is C25H18N4O2S. The summed E-state index contributed by atoms with van der Waals surface area (Å²) in [6.07, 6.45) is 1.81. The number of hydrogen-bond donors (Lipinski definition) is 0. The van der Waals surface area contributed by atoms with Gasteiger partial charge >= 0.3 is 0 Å². The topological polar surface area (TPSA) is 75.2 Å². The van der Waals surface area contributed by atoms with Crippen molar-refractivity contribution in [2.24, 2.45) is 0 Å². The molecule has 0 radical (unpaired) electrons. The number of nitrogens with zero attached hydrogens (tertiary/aromatic N) is 4. The molecule has 6 nitrogen and oxygen atoms in total. The summed E-state index contributed by atoms with van der Waals surface area (Å²) < 4.78 is 16.2. The Morgan fingerprint density at radius 3 is 2.59 bits per heavy atom. The Morgan fingerprint density at radius 1 is 1.00 bits per heavy atom. The first kappa shape index (κ1) is 19.8. The van der Waals surface area contributed by atoms with Crippen molar-refractivity contribution >= 4 is 34.0 Å². The molecule has 0 saturated heterocycles. The molecule has 5 rings (SSSR count). The van der Waals surface area contributed by atoms with Gasteiger partial charge in [0, 0.05) is 17.1 Å². The SMILES string of the molecule is N#Cc1ccc(N(Cc2nc3ccc(OCc4ccccc4)cc3o2)c2cnsc2)cc1. The molecule has 2 heterocycles. The highest BCUT2D eigenvalue weighted by Crippen LogP contribution is 2.30. The third-order valence-corrected chi connectivity index (χ3v) is 5.56. The van der Waals surface area contributed by atoms with Gasteiger partial charge < -0.3 is 14.1 Å². The van der Waals surface area contributed by atoms with Gasteiger partial charge in [-0.15, -0.1) is 0 Å². The van der Waals surface area contributed by atoms with Gasteiger partial charge in [-0.1, -0.05) is 30.3 Å². The smallest absolute Gasteiger partial charge is 0.215 e. The normalized spacial score (nSPS) is 10.7. The number of anilines is 2. The van der Waals surface area contributed by atoms with Crippen molar-refractivity contribution < 1.29 is 9.15 Å². The van der Waals surface area contributed by atoms with Gasteiger partial charge in [-0.25, -0.2) is 4.98 Å². The van der Waals surface area contributed by atoms with E-state index in [1.165, 1.54) is 11.5 Å². The number of ether oxygens (including phenoxy) is 1. The minimum absolute atomic E-state index is 0.430. The number of aromatic nitrogens is 2. The van der Waals surface area contributed by atoms with Crippen LogP contribution in [0.2, 0.25) is 0 Å². The Morgan fingerprint density at radius 2 is 1.84 bits per heavy atom. The van der Waals surface area contributed by atoms with Crippen molar-refractivity contribution in [3.63, 3.8) is 0 Å². The van der Waals surface area contributed by atoms with Crippen LogP contribution in [-0.2, 0) is 13.2 Å². The molecule has 0 amide bonds. The fourth-order valence-corrected chi connectivity index (χ4v) is 3.89. The van der Waals surface area contributed by atoms with Crippen molar-refractivity contribution in [1.29, 1.82) is 5.26 Å². The monoisotopic (exact) mass is 438 g/mol. The number of hydrogen-bond acceptors (Lipinski definition) is 7. The van der Waals surface area contributed by atoms with E-state index < -0.39 is 0 Å². The second kappa shape index (κ2) is 8.92. The van der Waals surface area contributed by atoms with Crippen LogP contribution in [0.3, 0.4) is 0 Å². The van der Waals surface area contributed by atoms with E-state index in [1.54, 1.807) is 18.3 Å². The second-order valence-electron chi connectivity index (χ2n) is 7.14. The van der Waals surface area contributed by atoms with Crippen LogP contribution in [0.1, 0.15) is 17.0 Å². The third-order valence-electron chi connectivity index (χ3n) is 4.98. The molecule has 0 aliphatic carbocycles. The zero-order valence-corrected chi connectivity index (χ0v) is 17.8. The summed E-state index contributed by atoms with van der Waals surface area (Å²) in [4.78, 5) is 6.71. The number of rotatable bonds is 7. The Bertz CT molecular complexity index is 1360. The molecular weight excluding hydrogens is 420 g/mol. The van der Waals surface area contributed by atoms with Crippen LogP contribution >= 0.6 is 11.5 Å². The first-order valence-corrected chi connectivity index (χ1v) is 10.9. The summed E-state index contributed by atoms with van der Waals surface area (Å²) in [5.41, 5.74) is 5.03. The quantitative estimate of drug-likeness (QED) is 0.307. The molecule has 5 aromatic rings. The van der Waals surface area contributed by atoms with Crippen LogP contribution in [0.25, 0.3) is 11.1 Å². The van der Waals surface area contributed by atoms with Crippen molar-refractivity contribution in [2.75, 3.05) is 4.90 Å². The molecule has 0 aliphatic rings. The zero-order chi connectivity index (χ0) is 21.8. The minimum Gasteiger partial charge on any atom is -0.489 e. The Kier molecular flexibility index (Phi) is 5.52.